The van der Waals surface area contributed by atoms with E-state index in [-0.39, 0.29) is 42.0 Å². The molecule has 0 spiro atoms. The van der Waals surface area contributed by atoms with E-state index in [1.165, 1.54) is 0 Å². The summed E-state index contributed by atoms with van der Waals surface area (Å²) in [5.41, 5.74) is 1.14. The lowest BCUT2D eigenvalue weighted by Gasteiger charge is -2.39. The largest absolute Gasteiger partial charge is 0.491 e. The summed E-state index contributed by atoms with van der Waals surface area (Å²) < 4.78 is 5.80. The maximum Gasteiger partial charge on any atom is 0.239 e. The van der Waals surface area contributed by atoms with Crippen LogP contribution >= 0.6 is 24.0 Å². The van der Waals surface area contributed by atoms with Crippen molar-refractivity contribution >= 4 is 35.8 Å². The molecule has 180 valence electrons. The van der Waals surface area contributed by atoms with Crippen LogP contribution in [-0.2, 0) is 11.3 Å². The second kappa shape index (κ2) is 13.2. The van der Waals surface area contributed by atoms with Crippen LogP contribution in [0.15, 0.2) is 29.3 Å². The number of piperazine rings is 1. The van der Waals surface area contributed by atoms with Gasteiger partial charge in [0.2, 0.25) is 5.91 Å². The normalized spacial score (nSPS) is 18.5. The summed E-state index contributed by atoms with van der Waals surface area (Å²) in [5, 5.41) is 3.43. The predicted octanol–water partition coefficient (Wildman–Crippen LogP) is 3.19. The molecule has 0 saturated carbocycles. The Labute approximate surface area is 210 Å². The number of halogens is 1. The van der Waals surface area contributed by atoms with E-state index in [9.17, 15) is 4.79 Å². The molecular weight excluding hydrogens is 517 g/mol. The van der Waals surface area contributed by atoms with Gasteiger partial charge in [0.05, 0.1) is 18.7 Å². The van der Waals surface area contributed by atoms with Gasteiger partial charge >= 0.3 is 0 Å². The molecule has 2 aliphatic heterocycles. The van der Waals surface area contributed by atoms with Gasteiger partial charge in [0.15, 0.2) is 5.96 Å². The fourth-order valence-corrected chi connectivity index (χ4v) is 4.26. The molecule has 2 fully saturated rings. The summed E-state index contributed by atoms with van der Waals surface area (Å²) in [6.07, 6.45) is 2.44. The quantitative estimate of drug-likeness (QED) is 0.317. The van der Waals surface area contributed by atoms with Crippen molar-refractivity contribution in [1.29, 1.82) is 0 Å². The van der Waals surface area contributed by atoms with Gasteiger partial charge in [-0.25, -0.2) is 4.99 Å². The van der Waals surface area contributed by atoms with Crippen molar-refractivity contribution in [2.75, 3.05) is 45.8 Å². The fraction of sp³-hybridized carbons (Fsp3) is 0.667. The van der Waals surface area contributed by atoms with Crippen molar-refractivity contribution in [3.8, 4) is 5.75 Å². The Bertz CT molecular complexity index is 744. The summed E-state index contributed by atoms with van der Waals surface area (Å²) in [6, 6.07) is 8.12. The van der Waals surface area contributed by atoms with Gasteiger partial charge in [-0.1, -0.05) is 12.1 Å². The Kier molecular flexibility index (Phi) is 11.0. The summed E-state index contributed by atoms with van der Waals surface area (Å²) in [5.74, 6) is 2.11. The number of benzene rings is 1. The van der Waals surface area contributed by atoms with Crippen LogP contribution in [0.25, 0.3) is 0 Å². The zero-order chi connectivity index (χ0) is 22.2. The number of nitrogens with zero attached hydrogens (tertiary/aromatic N) is 4. The number of carbonyl (C=O) groups is 1. The summed E-state index contributed by atoms with van der Waals surface area (Å²) in [7, 11) is 0. The summed E-state index contributed by atoms with van der Waals surface area (Å²) in [6.45, 7) is 15.0. The predicted molar refractivity (Wildman–Crippen MR) is 141 cm³/mol. The molecule has 1 atom stereocenters. The highest BCUT2D eigenvalue weighted by atomic mass is 127. The van der Waals surface area contributed by atoms with Crippen LogP contribution in [0.2, 0.25) is 0 Å². The SMILES string of the molecule is CCNC(=NCc1cccc(OC(C)C)c1)N1CCN(C(C)C(=O)N2CCCC2)CC1.I. The Morgan fingerprint density at radius 1 is 1.06 bits per heavy atom. The summed E-state index contributed by atoms with van der Waals surface area (Å²) >= 11 is 0. The van der Waals surface area contributed by atoms with E-state index in [1.54, 1.807) is 0 Å². The van der Waals surface area contributed by atoms with Gasteiger partial charge in [0.25, 0.3) is 0 Å². The summed E-state index contributed by atoms with van der Waals surface area (Å²) in [4.78, 5) is 24.3. The van der Waals surface area contributed by atoms with Crippen LogP contribution in [0.4, 0.5) is 0 Å². The molecule has 2 heterocycles. The number of nitrogens with one attached hydrogen (secondary N) is 1. The van der Waals surface area contributed by atoms with Crippen molar-refractivity contribution in [2.45, 2.75) is 59.2 Å². The van der Waals surface area contributed by atoms with Gasteiger partial charge in [-0.3, -0.25) is 9.69 Å². The maximum atomic E-state index is 12.7. The number of carbonyl (C=O) groups excluding carboxylic acids is 1. The van der Waals surface area contributed by atoms with Crippen LogP contribution in [0.1, 0.15) is 46.1 Å². The number of rotatable bonds is 7. The fourth-order valence-electron chi connectivity index (χ4n) is 4.26. The molecule has 32 heavy (non-hydrogen) atoms. The molecule has 0 aliphatic carbocycles. The Hall–Kier alpha value is -1.55. The molecule has 3 rings (SSSR count). The molecule has 0 radical (unpaired) electrons. The minimum Gasteiger partial charge on any atom is -0.491 e. The smallest absolute Gasteiger partial charge is 0.239 e. The molecule has 2 aliphatic rings. The van der Waals surface area contributed by atoms with Crippen LogP contribution < -0.4 is 10.1 Å². The molecule has 1 amide bonds. The number of aliphatic imine (C=N–C) groups is 1. The second-order valence-electron chi connectivity index (χ2n) is 8.72. The van der Waals surface area contributed by atoms with Crippen LogP contribution in [0, 0.1) is 0 Å². The lowest BCUT2D eigenvalue weighted by molar-refractivity contribution is -0.135. The highest BCUT2D eigenvalue weighted by Gasteiger charge is 2.30. The zero-order valence-corrected chi connectivity index (χ0v) is 22.4. The van der Waals surface area contributed by atoms with E-state index in [0.717, 1.165) is 75.9 Å². The third-order valence-corrected chi connectivity index (χ3v) is 5.95. The topological polar surface area (TPSA) is 60.4 Å². The first kappa shape index (κ1) is 26.7. The molecule has 0 aromatic heterocycles. The maximum absolute atomic E-state index is 12.7. The zero-order valence-electron chi connectivity index (χ0n) is 20.0. The molecule has 2 saturated heterocycles. The number of hydrogen-bond acceptors (Lipinski definition) is 4. The Morgan fingerprint density at radius 3 is 2.38 bits per heavy atom. The molecule has 8 heteroatoms. The highest BCUT2D eigenvalue weighted by Crippen LogP contribution is 2.17. The average molecular weight is 558 g/mol. The highest BCUT2D eigenvalue weighted by molar-refractivity contribution is 14.0. The van der Waals surface area contributed by atoms with Gasteiger partial charge in [0, 0.05) is 45.8 Å². The Balaban J connectivity index is 0.00000363. The van der Waals surface area contributed by atoms with Crippen LogP contribution in [0.3, 0.4) is 0 Å². The first-order valence-corrected chi connectivity index (χ1v) is 11.8. The molecule has 0 bridgehead atoms. The lowest BCUT2D eigenvalue weighted by Crippen LogP contribution is -2.57. The van der Waals surface area contributed by atoms with E-state index in [1.807, 2.05) is 30.9 Å². The van der Waals surface area contributed by atoms with Gasteiger partial charge in [-0.2, -0.15) is 0 Å². The third kappa shape index (κ3) is 7.50. The van der Waals surface area contributed by atoms with Gasteiger partial charge in [0.1, 0.15) is 5.75 Å². The Morgan fingerprint density at radius 2 is 1.75 bits per heavy atom. The van der Waals surface area contributed by atoms with E-state index >= 15 is 0 Å². The molecule has 1 aromatic carbocycles. The standard InChI is InChI=1S/C24H39N5O2.HI/c1-5-25-24(26-18-21-9-8-10-22(17-21)31-19(2)3)29-15-13-27(14-16-29)20(4)23(30)28-11-6-7-12-28;/h8-10,17,19-20H,5-7,11-16,18H2,1-4H3,(H,25,26);1H. The molecule has 1 unspecified atom stereocenters. The minimum absolute atomic E-state index is 0. The number of likely N-dealkylation sites (tertiary alicyclic amines) is 1. The first-order valence-electron chi connectivity index (χ1n) is 11.8. The van der Waals surface area contributed by atoms with E-state index in [2.05, 4.69) is 41.1 Å². The van der Waals surface area contributed by atoms with Crippen molar-refractivity contribution in [2.24, 2.45) is 4.99 Å². The number of ether oxygens (including phenoxy) is 1. The van der Waals surface area contributed by atoms with E-state index in [0.29, 0.717) is 6.54 Å². The van der Waals surface area contributed by atoms with Gasteiger partial charge in [-0.15, -0.1) is 24.0 Å². The van der Waals surface area contributed by atoms with Crippen LogP contribution in [-0.4, -0.2) is 84.5 Å². The molecule has 1 aromatic rings. The number of guanidine groups is 1. The average Bonchev–Trinajstić information content (AvgIpc) is 3.30. The molecule has 7 nitrogen and oxygen atoms in total. The van der Waals surface area contributed by atoms with Crippen molar-refractivity contribution in [3.05, 3.63) is 29.8 Å². The van der Waals surface area contributed by atoms with Gasteiger partial charge < -0.3 is 19.9 Å². The first-order chi connectivity index (χ1) is 15.0. The monoisotopic (exact) mass is 557 g/mol. The van der Waals surface area contributed by atoms with Gasteiger partial charge in [-0.05, 0) is 58.2 Å². The molecular formula is C24H40IN5O2. The van der Waals surface area contributed by atoms with E-state index in [4.69, 9.17) is 9.73 Å². The third-order valence-electron chi connectivity index (χ3n) is 5.95. The van der Waals surface area contributed by atoms with Crippen molar-refractivity contribution < 1.29 is 9.53 Å². The van der Waals surface area contributed by atoms with Crippen LogP contribution in [0.5, 0.6) is 5.75 Å². The molecule has 1 N–H and O–H groups in total. The number of amides is 1. The van der Waals surface area contributed by atoms with E-state index < -0.39 is 0 Å². The van der Waals surface area contributed by atoms with Crippen molar-refractivity contribution in [1.82, 2.24) is 20.0 Å². The minimum atomic E-state index is -0.0385. The number of hydrogen-bond donors (Lipinski definition) is 1. The lowest BCUT2D eigenvalue weighted by atomic mass is 10.2. The second-order valence-corrected chi connectivity index (χ2v) is 8.72. The van der Waals surface area contributed by atoms with Crippen molar-refractivity contribution in [3.63, 3.8) is 0 Å².